The van der Waals surface area contributed by atoms with Gasteiger partial charge in [0.05, 0.1) is 12.1 Å². The SMILES string of the molecule is O=C(NCC1(O)CCOCC1)c1cccn1CC(F)F. The third-order valence-corrected chi connectivity index (χ3v) is 3.40. The van der Waals surface area contributed by atoms with E-state index in [1.165, 1.54) is 16.8 Å². The molecule has 0 unspecified atom stereocenters. The molecule has 1 aliphatic heterocycles. The third kappa shape index (κ3) is 3.77. The largest absolute Gasteiger partial charge is 0.388 e. The molecular weight excluding hydrogens is 270 g/mol. The van der Waals surface area contributed by atoms with Crippen LogP contribution in [0.25, 0.3) is 0 Å². The summed E-state index contributed by atoms with van der Waals surface area (Å²) in [6.45, 7) is 0.477. The van der Waals surface area contributed by atoms with E-state index in [0.717, 1.165) is 0 Å². The maximum atomic E-state index is 12.4. The summed E-state index contributed by atoms with van der Waals surface area (Å²) in [5.74, 6) is -0.462. The van der Waals surface area contributed by atoms with E-state index in [1.807, 2.05) is 0 Å². The Balaban J connectivity index is 1.93. The van der Waals surface area contributed by atoms with Crippen molar-refractivity contribution in [1.29, 1.82) is 0 Å². The first-order valence-corrected chi connectivity index (χ1v) is 6.52. The van der Waals surface area contributed by atoms with E-state index >= 15 is 0 Å². The van der Waals surface area contributed by atoms with E-state index in [4.69, 9.17) is 4.74 Å². The van der Waals surface area contributed by atoms with Crippen LogP contribution in [-0.4, -0.2) is 47.4 Å². The summed E-state index contributed by atoms with van der Waals surface area (Å²) >= 11 is 0. The molecule has 1 fully saturated rings. The third-order valence-electron chi connectivity index (χ3n) is 3.40. The average molecular weight is 288 g/mol. The molecule has 1 aromatic heterocycles. The van der Waals surface area contributed by atoms with E-state index < -0.39 is 24.5 Å². The fourth-order valence-electron chi connectivity index (χ4n) is 2.19. The van der Waals surface area contributed by atoms with Crippen molar-refractivity contribution in [3.63, 3.8) is 0 Å². The normalized spacial score (nSPS) is 18.2. The van der Waals surface area contributed by atoms with Crippen LogP contribution in [0.2, 0.25) is 0 Å². The van der Waals surface area contributed by atoms with Gasteiger partial charge in [-0.1, -0.05) is 0 Å². The Labute approximate surface area is 115 Å². The minimum Gasteiger partial charge on any atom is -0.388 e. The number of nitrogens with one attached hydrogen (secondary N) is 1. The van der Waals surface area contributed by atoms with Gasteiger partial charge in [0.1, 0.15) is 5.69 Å². The van der Waals surface area contributed by atoms with Crippen molar-refractivity contribution in [3.8, 4) is 0 Å². The molecule has 2 heterocycles. The summed E-state index contributed by atoms with van der Waals surface area (Å²) < 4.78 is 31.1. The van der Waals surface area contributed by atoms with Crippen molar-refractivity contribution >= 4 is 5.91 Å². The van der Waals surface area contributed by atoms with Crippen LogP contribution in [0.5, 0.6) is 0 Å². The fourth-order valence-corrected chi connectivity index (χ4v) is 2.19. The van der Waals surface area contributed by atoms with Crippen LogP contribution >= 0.6 is 0 Å². The van der Waals surface area contributed by atoms with Crippen LogP contribution in [0.3, 0.4) is 0 Å². The maximum absolute atomic E-state index is 12.4. The summed E-state index contributed by atoms with van der Waals surface area (Å²) in [5.41, 5.74) is -0.811. The average Bonchev–Trinajstić information content (AvgIpc) is 2.84. The van der Waals surface area contributed by atoms with Gasteiger partial charge in [0, 0.05) is 38.8 Å². The number of rotatable bonds is 5. The first-order chi connectivity index (χ1) is 9.50. The molecule has 1 saturated heterocycles. The Hall–Kier alpha value is -1.47. The van der Waals surface area contributed by atoms with Crippen molar-refractivity contribution in [3.05, 3.63) is 24.0 Å². The van der Waals surface area contributed by atoms with E-state index in [-0.39, 0.29) is 12.2 Å². The Morgan fingerprint density at radius 3 is 2.85 bits per heavy atom. The van der Waals surface area contributed by atoms with Crippen LogP contribution in [0.15, 0.2) is 18.3 Å². The number of carbonyl (C=O) groups is 1. The minimum absolute atomic E-state index is 0.0923. The topological polar surface area (TPSA) is 63.5 Å². The maximum Gasteiger partial charge on any atom is 0.268 e. The number of carbonyl (C=O) groups excluding carboxylic acids is 1. The van der Waals surface area contributed by atoms with Crippen molar-refractivity contribution in [2.45, 2.75) is 31.4 Å². The van der Waals surface area contributed by atoms with Gasteiger partial charge in [-0.2, -0.15) is 0 Å². The zero-order valence-corrected chi connectivity index (χ0v) is 11.0. The predicted molar refractivity (Wildman–Crippen MR) is 67.8 cm³/mol. The Bertz CT molecular complexity index is 456. The molecule has 0 aliphatic carbocycles. The van der Waals surface area contributed by atoms with Gasteiger partial charge in [0.25, 0.3) is 12.3 Å². The summed E-state index contributed by atoms with van der Waals surface area (Å²) in [7, 11) is 0. The van der Waals surface area contributed by atoms with Crippen molar-refractivity contribution in [1.82, 2.24) is 9.88 Å². The molecule has 2 N–H and O–H groups in total. The lowest BCUT2D eigenvalue weighted by molar-refractivity contribution is -0.0605. The van der Waals surface area contributed by atoms with Crippen LogP contribution in [0, 0.1) is 0 Å². The molecule has 0 bridgehead atoms. The second-order valence-corrected chi connectivity index (χ2v) is 4.96. The van der Waals surface area contributed by atoms with E-state index in [0.29, 0.717) is 26.1 Å². The summed E-state index contributed by atoms with van der Waals surface area (Å²) in [6.07, 6.45) is -0.186. The van der Waals surface area contributed by atoms with E-state index in [9.17, 15) is 18.7 Å². The summed E-state index contributed by atoms with van der Waals surface area (Å²) in [5, 5.41) is 12.8. The van der Waals surface area contributed by atoms with Crippen molar-refractivity contribution < 1.29 is 23.4 Å². The van der Waals surface area contributed by atoms with Gasteiger partial charge < -0.3 is 19.7 Å². The molecule has 0 radical (unpaired) electrons. The summed E-state index contributed by atoms with van der Waals surface area (Å²) in [6, 6.07) is 3.02. The highest BCUT2D eigenvalue weighted by molar-refractivity contribution is 5.92. The molecule has 0 saturated carbocycles. The number of amides is 1. The van der Waals surface area contributed by atoms with Gasteiger partial charge in [-0.3, -0.25) is 4.79 Å². The lowest BCUT2D eigenvalue weighted by Gasteiger charge is -2.32. The molecule has 112 valence electrons. The Morgan fingerprint density at radius 2 is 2.20 bits per heavy atom. The number of alkyl halides is 2. The highest BCUT2D eigenvalue weighted by Crippen LogP contribution is 2.19. The highest BCUT2D eigenvalue weighted by Gasteiger charge is 2.30. The second-order valence-electron chi connectivity index (χ2n) is 4.96. The number of hydrogen-bond acceptors (Lipinski definition) is 3. The lowest BCUT2D eigenvalue weighted by Crippen LogP contribution is -2.46. The first-order valence-electron chi connectivity index (χ1n) is 6.52. The molecule has 0 atom stereocenters. The van der Waals surface area contributed by atoms with Crippen LogP contribution < -0.4 is 5.32 Å². The number of halogens is 2. The zero-order chi connectivity index (χ0) is 14.6. The molecule has 0 aromatic carbocycles. The number of nitrogens with zero attached hydrogens (tertiary/aromatic N) is 1. The predicted octanol–water partition coefficient (Wildman–Crippen LogP) is 1.02. The molecule has 1 aliphatic rings. The van der Waals surface area contributed by atoms with Gasteiger partial charge in [-0.15, -0.1) is 0 Å². The molecule has 20 heavy (non-hydrogen) atoms. The number of aromatic nitrogens is 1. The van der Waals surface area contributed by atoms with Crippen molar-refractivity contribution in [2.75, 3.05) is 19.8 Å². The van der Waals surface area contributed by atoms with E-state index in [2.05, 4.69) is 5.32 Å². The van der Waals surface area contributed by atoms with E-state index in [1.54, 1.807) is 6.07 Å². The number of hydrogen-bond donors (Lipinski definition) is 2. The standard InChI is InChI=1S/C13H18F2N2O3/c14-11(15)8-17-5-1-2-10(17)12(18)16-9-13(19)3-6-20-7-4-13/h1-2,5,11,19H,3-4,6-9H2,(H,16,18). The fraction of sp³-hybridized carbons (Fsp3) is 0.615. The Morgan fingerprint density at radius 1 is 1.50 bits per heavy atom. The van der Waals surface area contributed by atoms with Gasteiger partial charge in [0.2, 0.25) is 0 Å². The molecule has 1 aromatic rings. The lowest BCUT2D eigenvalue weighted by atomic mass is 9.94. The second kappa shape index (κ2) is 6.32. The highest BCUT2D eigenvalue weighted by atomic mass is 19.3. The monoisotopic (exact) mass is 288 g/mol. The molecule has 2 rings (SSSR count). The van der Waals surface area contributed by atoms with Gasteiger partial charge in [-0.05, 0) is 12.1 Å². The smallest absolute Gasteiger partial charge is 0.268 e. The number of ether oxygens (including phenoxy) is 1. The Kier molecular flexibility index (Phi) is 4.72. The molecule has 5 nitrogen and oxygen atoms in total. The molecular formula is C13H18F2N2O3. The van der Waals surface area contributed by atoms with Crippen molar-refractivity contribution in [2.24, 2.45) is 0 Å². The zero-order valence-electron chi connectivity index (χ0n) is 11.0. The molecule has 1 amide bonds. The minimum atomic E-state index is -2.52. The van der Waals surface area contributed by atoms with Gasteiger partial charge in [0.15, 0.2) is 0 Å². The van der Waals surface area contributed by atoms with Crippen LogP contribution in [-0.2, 0) is 11.3 Å². The first kappa shape index (κ1) is 14.9. The molecule has 0 spiro atoms. The van der Waals surface area contributed by atoms with Gasteiger partial charge in [-0.25, -0.2) is 8.78 Å². The quantitative estimate of drug-likeness (QED) is 0.850. The summed E-state index contributed by atoms with van der Waals surface area (Å²) in [4.78, 5) is 12.0. The van der Waals surface area contributed by atoms with Crippen LogP contribution in [0.4, 0.5) is 8.78 Å². The number of aliphatic hydroxyl groups is 1. The molecule has 7 heteroatoms. The van der Waals surface area contributed by atoms with Crippen LogP contribution in [0.1, 0.15) is 23.3 Å². The van der Waals surface area contributed by atoms with Gasteiger partial charge >= 0.3 is 0 Å².